The summed E-state index contributed by atoms with van der Waals surface area (Å²) in [6.07, 6.45) is -3.00. The number of hydrogen-bond acceptors (Lipinski definition) is 4. The Labute approximate surface area is 216 Å². The Morgan fingerprint density at radius 1 is 1.00 bits per heavy atom. The predicted molar refractivity (Wildman–Crippen MR) is 138 cm³/mol. The van der Waals surface area contributed by atoms with Crippen molar-refractivity contribution in [1.29, 1.82) is 0 Å². The second-order valence-electron chi connectivity index (χ2n) is 9.44. The summed E-state index contributed by atoms with van der Waals surface area (Å²) in [4.78, 5) is 17.2. The molecule has 2 aromatic carbocycles. The number of amides is 1. The zero-order valence-electron chi connectivity index (χ0n) is 21.0. The van der Waals surface area contributed by atoms with Crippen molar-refractivity contribution in [3.05, 3.63) is 101 Å². The van der Waals surface area contributed by atoms with E-state index >= 15 is 0 Å². The number of fused-ring (bicyclic) bond motifs is 1. The fourth-order valence-corrected chi connectivity index (χ4v) is 4.17. The van der Waals surface area contributed by atoms with Crippen LogP contribution in [0.4, 0.5) is 19.0 Å². The minimum absolute atomic E-state index is 0.0853. The molecule has 5 aromatic rings. The molecular weight excluding hydrogens is 493 g/mol. The second-order valence-corrected chi connectivity index (χ2v) is 9.44. The maximum Gasteiger partial charge on any atom is 0.433 e. The first-order valence-corrected chi connectivity index (χ1v) is 12.1. The number of halogens is 3. The van der Waals surface area contributed by atoms with E-state index in [1.807, 2.05) is 57.2 Å². The molecule has 0 fully saturated rings. The number of aryl methyl sites for hydroxylation is 1. The molecule has 10 heteroatoms. The lowest BCUT2D eigenvalue weighted by atomic mass is 10.0. The molecule has 7 nitrogen and oxygen atoms in total. The second kappa shape index (κ2) is 9.77. The molecule has 1 N–H and O–H groups in total. The molecule has 0 spiro atoms. The van der Waals surface area contributed by atoms with Crippen LogP contribution in [0.1, 0.15) is 52.6 Å². The van der Waals surface area contributed by atoms with E-state index in [1.165, 1.54) is 6.07 Å². The van der Waals surface area contributed by atoms with E-state index in [9.17, 15) is 18.0 Å². The molecule has 0 saturated heterocycles. The van der Waals surface area contributed by atoms with Crippen LogP contribution in [0.3, 0.4) is 0 Å². The Bertz CT molecular complexity index is 1620. The van der Waals surface area contributed by atoms with Gasteiger partial charge in [0, 0.05) is 23.9 Å². The summed E-state index contributed by atoms with van der Waals surface area (Å²) in [5, 5.41) is 10.9. The summed E-state index contributed by atoms with van der Waals surface area (Å²) in [5.74, 6) is -0.142. The summed E-state index contributed by atoms with van der Waals surface area (Å²) in [7, 11) is 0. The molecule has 0 saturated carbocycles. The van der Waals surface area contributed by atoms with Crippen molar-refractivity contribution in [2.45, 2.75) is 39.4 Å². The lowest BCUT2D eigenvalue weighted by Crippen LogP contribution is -2.16. The van der Waals surface area contributed by atoms with Gasteiger partial charge in [-0.25, -0.2) is 9.50 Å². The molecule has 0 unspecified atom stereocenters. The number of aromatic nitrogens is 5. The van der Waals surface area contributed by atoms with Gasteiger partial charge in [-0.2, -0.15) is 23.4 Å². The highest BCUT2D eigenvalue weighted by Gasteiger charge is 2.35. The van der Waals surface area contributed by atoms with Crippen molar-refractivity contribution in [2.75, 3.05) is 5.32 Å². The molecule has 194 valence electrons. The predicted octanol–water partition coefficient (Wildman–Crippen LogP) is 6.34. The Kier molecular flexibility index (Phi) is 6.48. The number of carbonyl (C=O) groups excluding carboxylic acids is 1. The van der Waals surface area contributed by atoms with Gasteiger partial charge in [0.25, 0.3) is 5.91 Å². The molecular formula is C28H25F3N6O. The average Bonchev–Trinajstić information content (AvgIpc) is 3.49. The number of alkyl halides is 3. The Balaban J connectivity index is 1.42. The third-order valence-electron chi connectivity index (χ3n) is 6.13. The van der Waals surface area contributed by atoms with Crippen molar-refractivity contribution in [1.82, 2.24) is 24.4 Å². The van der Waals surface area contributed by atoms with Crippen LogP contribution in [0.5, 0.6) is 0 Å². The maximum atomic E-state index is 13.9. The fourth-order valence-electron chi connectivity index (χ4n) is 4.17. The fraction of sp³-hybridized carbons (Fsp3) is 0.214. The number of nitrogens with one attached hydrogen (secondary N) is 1. The number of carbonyl (C=O) groups is 1. The van der Waals surface area contributed by atoms with Gasteiger partial charge in [0.05, 0.1) is 12.2 Å². The van der Waals surface area contributed by atoms with E-state index in [0.29, 0.717) is 16.6 Å². The van der Waals surface area contributed by atoms with Crippen molar-refractivity contribution in [3.8, 4) is 11.3 Å². The molecule has 3 heterocycles. The van der Waals surface area contributed by atoms with Gasteiger partial charge in [0.1, 0.15) is 0 Å². The monoisotopic (exact) mass is 518 g/mol. The van der Waals surface area contributed by atoms with E-state index in [4.69, 9.17) is 0 Å². The van der Waals surface area contributed by atoms with Crippen LogP contribution in [-0.2, 0) is 12.7 Å². The molecule has 0 atom stereocenters. The van der Waals surface area contributed by atoms with Gasteiger partial charge in [0.15, 0.2) is 22.9 Å². The van der Waals surface area contributed by atoms with E-state index in [2.05, 4.69) is 20.5 Å². The summed E-state index contributed by atoms with van der Waals surface area (Å²) >= 11 is 0. The summed E-state index contributed by atoms with van der Waals surface area (Å²) in [6.45, 7) is 6.58. The topological polar surface area (TPSA) is 77.1 Å². The number of rotatable bonds is 6. The average molecular weight is 519 g/mol. The molecule has 0 bridgehead atoms. The minimum atomic E-state index is -4.71. The van der Waals surface area contributed by atoms with Gasteiger partial charge in [-0.3, -0.25) is 9.48 Å². The molecule has 5 rings (SSSR count). The number of benzene rings is 2. The molecule has 1 amide bonds. The molecule has 0 aliphatic heterocycles. The zero-order valence-corrected chi connectivity index (χ0v) is 21.0. The van der Waals surface area contributed by atoms with Crippen LogP contribution in [0.2, 0.25) is 0 Å². The van der Waals surface area contributed by atoms with Gasteiger partial charge in [-0.05, 0) is 30.0 Å². The SMILES string of the molecule is Cc1cccc(Cn2ccc(NC(=O)c3cc4nc(-c5ccc(C(C)C)cc5)cc(C(F)(F)F)n4n3)n2)c1. The standard InChI is InChI=1S/C28H25F3N6O/c1-17(2)20-7-9-21(10-8-20)22-14-24(28(29,30)31)37-26(32-22)15-23(34-37)27(38)33-25-11-12-36(35-25)16-19-6-4-5-18(3)13-19/h4-15,17H,16H2,1-3H3,(H,33,35,38). The Morgan fingerprint density at radius 3 is 2.45 bits per heavy atom. The highest BCUT2D eigenvalue weighted by molar-refractivity contribution is 6.03. The molecule has 38 heavy (non-hydrogen) atoms. The number of anilines is 1. The van der Waals surface area contributed by atoms with Crippen LogP contribution >= 0.6 is 0 Å². The lowest BCUT2D eigenvalue weighted by Gasteiger charge is -2.11. The molecule has 0 aliphatic rings. The van der Waals surface area contributed by atoms with E-state index in [1.54, 1.807) is 29.1 Å². The Hall–Kier alpha value is -4.47. The van der Waals surface area contributed by atoms with Gasteiger partial charge in [0.2, 0.25) is 0 Å². The van der Waals surface area contributed by atoms with Gasteiger partial charge < -0.3 is 5.32 Å². The number of nitrogens with zero attached hydrogens (tertiary/aromatic N) is 5. The van der Waals surface area contributed by atoms with E-state index in [-0.39, 0.29) is 28.8 Å². The zero-order chi connectivity index (χ0) is 27.0. The third kappa shape index (κ3) is 5.29. The molecule has 0 aliphatic carbocycles. The van der Waals surface area contributed by atoms with Crippen LogP contribution < -0.4 is 5.32 Å². The van der Waals surface area contributed by atoms with E-state index < -0.39 is 17.8 Å². The first-order valence-electron chi connectivity index (χ1n) is 12.1. The molecule has 3 aromatic heterocycles. The number of hydrogen-bond donors (Lipinski definition) is 1. The van der Waals surface area contributed by atoms with E-state index in [0.717, 1.165) is 22.8 Å². The highest BCUT2D eigenvalue weighted by atomic mass is 19.4. The normalized spacial score (nSPS) is 11.9. The summed E-state index contributed by atoms with van der Waals surface area (Å²) < 4.78 is 44.1. The minimum Gasteiger partial charge on any atom is -0.304 e. The largest absolute Gasteiger partial charge is 0.433 e. The first-order chi connectivity index (χ1) is 18.1. The maximum absolute atomic E-state index is 13.9. The summed E-state index contributed by atoms with van der Waals surface area (Å²) in [5.41, 5.74) is 2.60. The third-order valence-corrected chi connectivity index (χ3v) is 6.13. The van der Waals surface area contributed by atoms with Crippen molar-refractivity contribution >= 4 is 17.4 Å². The van der Waals surface area contributed by atoms with Crippen molar-refractivity contribution in [2.24, 2.45) is 0 Å². The van der Waals surface area contributed by atoms with Crippen LogP contribution in [0.25, 0.3) is 16.9 Å². The van der Waals surface area contributed by atoms with Crippen LogP contribution in [0.15, 0.2) is 72.9 Å². The summed E-state index contributed by atoms with van der Waals surface area (Å²) in [6, 6.07) is 19.0. The quantitative estimate of drug-likeness (QED) is 0.284. The highest BCUT2D eigenvalue weighted by Crippen LogP contribution is 2.32. The van der Waals surface area contributed by atoms with Crippen LogP contribution in [-0.4, -0.2) is 30.3 Å². The lowest BCUT2D eigenvalue weighted by molar-refractivity contribution is -0.142. The van der Waals surface area contributed by atoms with Crippen molar-refractivity contribution < 1.29 is 18.0 Å². The van der Waals surface area contributed by atoms with Gasteiger partial charge >= 0.3 is 6.18 Å². The van der Waals surface area contributed by atoms with Crippen molar-refractivity contribution in [3.63, 3.8) is 0 Å². The van der Waals surface area contributed by atoms with Gasteiger partial charge in [-0.15, -0.1) is 0 Å². The van der Waals surface area contributed by atoms with Gasteiger partial charge in [-0.1, -0.05) is 67.9 Å². The smallest absolute Gasteiger partial charge is 0.304 e. The first kappa shape index (κ1) is 25.2. The molecule has 0 radical (unpaired) electrons. The van der Waals surface area contributed by atoms with Crippen LogP contribution in [0, 0.1) is 6.92 Å². The Morgan fingerprint density at radius 2 is 1.76 bits per heavy atom.